The highest BCUT2D eigenvalue weighted by Gasteiger charge is 2.13. The lowest BCUT2D eigenvalue weighted by molar-refractivity contribution is 0.542. The molecule has 2 heterocycles. The van der Waals surface area contributed by atoms with Crippen molar-refractivity contribution in [3.8, 4) is 11.6 Å². The normalized spacial score (nSPS) is 11.2. The van der Waals surface area contributed by atoms with Crippen molar-refractivity contribution in [2.75, 3.05) is 0 Å². The quantitative estimate of drug-likeness (QED) is 0.858. The lowest BCUT2D eigenvalue weighted by Gasteiger charge is -2.07. The van der Waals surface area contributed by atoms with E-state index in [2.05, 4.69) is 23.8 Å². The molecule has 0 aliphatic carbocycles. The summed E-state index contributed by atoms with van der Waals surface area (Å²) in [6.45, 7) is 6.08. The summed E-state index contributed by atoms with van der Waals surface area (Å²) in [5, 5.41) is 0. The maximum absolute atomic E-state index is 11.9. The first kappa shape index (κ1) is 13.3. The van der Waals surface area contributed by atoms with Crippen molar-refractivity contribution in [1.29, 1.82) is 0 Å². The fourth-order valence-corrected chi connectivity index (χ4v) is 2.18. The molecular formula is C13H15IN2O2. The zero-order valence-corrected chi connectivity index (χ0v) is 12.7. The first-order valence-electron chi connectivity index (χ1n) is 5.83. The Labute approximate surface area is 119 Å². The molecule has 0 saturated carbocycles. The number of hydrogen-bond donors (Lipinski definition) is 1. The molecule has 1 N–H and O–H groups in total. The van der Waals surface area contributed by atoms with Crippen molar-refractivity contribution in [3.63, 3.8) is 0 Å². The summed E-state index contributed by atoms with van der Waals surface area (Å²) in [6, 6.07) is 3.68. The highest BCUT2D eigenvalue weighted by molar-refractivity contribution is 14.1. The number of hydrogen-bond acceptors (Lipinski definition) is 3. The number of furan rings is 1. The van der Waals surface area contributed by atoms with Crippen LogP contribution in [0, 0.1) is 16.4 Å². The van der Waals surface area contributed by atoms with Gasteiger partial charge >= 0.3 is 0 Å². The van der Waals surface area contributed by atoms with Gasteiger partial charge in [0.15, 0.2) is 11.6 Å². The molecule has 0 amide bonds. The molecule has 0 saturated heterocycles. The van der Waals surface area contributed by atoms with Gasteiger partial charge < -0.3 is 9.40 Å². The van der Waals surface area contributed by atoms with E-state index < -0.39 is 0 Å². The SMILES string of the molecule is Cc1ccc(-c2nc(CC(C)C)c(I)c(=O)[nH]2)o1. The number of H-pyrrole nitrogens is 1. The fraction of sp³-hybridized carbons (Fsp3) is 0.385. The van der Waals surface area contributed by atoms with E-state index in [1.54, 1.807) is 0 Å². The van der Waals surface area contributed by atoms with E-state index in [1.165, 1.54) is 0 Å². The average Bonchev–Trinajstić information content (AvgIpc) is 2.70. The molecule has 18 heavy (non-hydrogen) atoms. The third-order valence-corrected chi connectivity index (χ3v) is 3.62. The van der Waals surface area contributed by atoms with E-state index in [0.29, 0.717) is 21.1 Å². The highest BCUT2D eigenvalue weighted by atomic mass is 127. The summed E-state index contributed by atoms with van der Waals surface area (Å²) in [4.78, 5) is 19.1. The number of nitrogens with zero attached hydrogens (tertiary/aromatic N) is 1. The Kier molecular flexibility index (Phi) is 3.89. The fourth-order valence-electron chi connectivity index (χ4n) is 1.71. The van der Waals surface area contributed by atoms with E-state index in [4.69, 9.17) is 4.42 Å². The van der Waals surface area contributed by atoms with Crippen molar-refractivity contribution in [1.82, 2.24) is 9.97 Å². The van der Waals surface area contributed by atoms with Crippen LogP contribution in [-0.4, -0.2) is 9.97 Å². The van der Waals surface area contributed by atoms with Crippen molar-refractivity contribution in [3.05, 3.63) is 37.5 Å². The van der Waals surface area contributed by atoms with E-state index >= 15 is 0 Å². The second-order valence-corrected chi connectivity index (χ2v) is 5.76. The van der Waals surface area contributed by atoms with Gasteiger partial charge in [-0.25, -0.2) is 4.98 Å². The molecule has 0 radical (unpaired) electrons. The van der Waals surface area contributed by atoms with Gasteiger partial charge in [0, 0.05) is 0 Å². The maximum Gasteiger partial charge on any atom is 0.264 e. The van der Waals surface area contributed by atoms with Gasteiger partial charge in [-0.1, -0.05) is 13.8 Å². The number of aromatic nitrogens is 2. The molecule has 0 aliphatic heterocycles. The second kappa shape index (κ2) is 5.26. The summed E-state index contributed by atoms with van der Waals surface area (Å²) < 4.78 is 6.15. The molecule has 0 aromatic carbocycles. The molecule has 2 aromatic heterocycles. The number of rotatable bonds is 3. The molecule has 2 aromatic rings. The van der Waals surface area contributed by atoms with Crippen LogP contribution in [0.1, 0.15) is 25.3 Å². The van der Waals surface area contributed by atoms with E-state index in [1.807, 2.05) is 41.6 Å². The molecule has 0 aliphatic rings. The van der Waals surface area contributed by atoms with Crippen LogP contribution in [0.15, 0.2) is 21.3 Å². The van der Waals surface area contributed by atoms with Crippen molar-refractivity contribution in [2.24, 2.45) is 5.92 Å². The molecule has 0 atom stereocenters. The van der Waals surface area contributed by atoms with Gasteiger partial charge in [-0.3, -0.25) is 4.79 Å². The van der Waals surface area contributed by atoms with Crippen LogP contribution in [0.5, 0.6) is 0 Å². The summed E-state index contributed by atoms with van der Waals surface area (Å²) in [6.07, 6.45) is 0.787. The van der Waals surface area contributed by atoms with E-state index in [-0.39, 0.29) is 5.56 Å². The average molecular weight is 358 g/mol. The van der Waals surface area contributed by atoms with Crippen LogP contribution in [0.3, 0.4) is 0 Å². The largest absolute Gasteiger partial charge is 0.458 e. The molecule has 0 spiro atoms. The molecule has 0 unspecified atom stereocenters. The number of aryl methyl sites for hydroxylation is 1. The standard InChI is InChI=1S/C13H15IN2O2/c1-7(2)6-9-11(14)13(17)16-12(15-9)10-5-4-8(3)18-10/h4-5,7H,6H2,1-3H3,(H,15,16,17). The van der Waals surface area contributed by atoms with Gasteiger partial charge in [0.05, 0.1) is 9.26 Å². The van der Waals surface area contributed by atoms with E-state index in [0.717, 1.165) is 17.9 Å². The molecule has 96 valence electrons. The highest BCUT2D eigenvalue weighted by Crippen LogP contribution is 2.19. The minimum atomic E-state index is -0.106. The number of aromatic amines is 1. The lowest BCUT2D eigenvalue weighted by atomic mass is 10.1. The van der Waals surface area contributed by atoms with Crippen LogP contribution in [0.4, 0.5) is 0 Å². The van der Waals surface area contributed by atoms with Crippen LogP contribution >= 0.6 is 22.6 Å². The molecule has 0 bridgehead atoms. The predicted octanol–water partition coefficient (Wildman–Crippen LogP) is 3.14. The lowest BCUT2D eigenvalue weighted by Crippen LogP contribution is -2.17. The van der Waals surface area contributed by atoms with Crippen LogP contribution < -0.4 is 5.56 Å². The van der Waals surface area contributed by atoms with Gasteiger partial charge in [0.25, 0.3) is 5.56 Å². The second-order valence-electron chi connectivity index (χ2n) is 4.68. The summed E-state index contributed by atoms with van der Waals surface area (Å²) in [7, 11) is 0. The van der Waals surface area contributed by atoms with Crippen molar-refractivity contribution in [2.45, 2.75) is 27.2 Å². The summed E-state index contributed by atoms with van der Waals surface area (Å²) in [5.74, 6) is 2.37. The minimum absolute atomic E-state index is 0.106. The Bertz CT molecular complexity index is 614. The number of halogens is 1. The predicted molar refractivity (Wildman–Crippen MR) is 78.6 cm³/mol. The molecule has 5 heteroatoms. The Hall–Kier alpha value is -1.11. The van der Waals surface area contributed by atoms with Gasteiger partial charge in [0.1, 0.15) is 5.76 Å². The van der Waals surface area contributed by atoms with Crippen molar-refractivity contribution >= 4 is 22.6 Å². The maximum atomic E-state index is 11.9. The molecular weight excluding hydrogens is 343 g/mol. The van der Waals surface area contributed by atoms with Crippen LogP contribution in [-0.2, 0) is 6.42 Å². The zero-order chi connectivity index (χ0) is 13.3. The Morgan fingerprint density at radius 3 is 2.72 bits per heavy atom. The zero-order valence-electron chi connectivity index (χ0n) is 10.6. The third kappa shape index (κ3) is 2.82. The van der Waals surface area contributed by atoms with Gasteiger partial charge in [-0.05, 0) is 54.0 Å². The van der Waals surface area contributed by atoms with Gasteiger partial charge in [0.2, 0.25) is 0 Å². The summed E-state index contributed by atoms with van der Waals surface area (Å²) >= 11 is 2.04. The Morgan fingerprint density at radius 1 is 1.44 bits per heavy atom. The molecule has 2 rings (SSSR count). The summed E-state index contributed by atoms with van der Waals surface area (Å²) in [5.41, 5.74) is 0.726. The third-order valence-electron chi connectivity index (χ3n) is 2.51. The van der Waals surface area contributed by atoms with Crippen LogP contribution in [0.2, 0.25) is 0 Å². The smallest absolute Gasteiger partial charge is 0.264 e. The molecule has 4 nitrogen and oxygen atoms in total. The first-order valence-corrected chi connectivity index (χ1v) is 6.90. The van der Waals surface area contributed by atoms with E-state index in [9.17, 15) is 4.79 Å². The van der Waals surface area contributed by atoms with Gasteiger partial charge in [-0.15, -0.1) is 0 Å². The topological polar surface area (TPSA) is 58.9 Å². The Balaban J connectivity index is 2.50. The molecule has 0 fully saturated rings. The van der Waals surface area contributed by atoms with Crippen LogP contribution in [0.25, 0.3) is 11.6 Å². The number of nitrogens with one attached hydrogen (secondary N) is 1. The monoisotopic (exact) mass is 358 g/mol. The first-order chi connectivity index (χ1) is 8.47. The Morgan fingerprint density at radius 2 is 2.17 bits per heavy atom. The minimum Gasteiger partial charge on any atom is -0.458 e. The van der Waals surface area contributed by atoms with Gasteiger partial charge in [-0.2, -0.15) is 0 Å². The van der Waals surface area contributed by atoms with Crippen molar-refractivity contribution < 1.29 is 4.42 Å².